The Labute approximate surface area is 161 Å². The molecule has 2 aromatic carbocycles. The zero-order valence-electron chi connectivity index (χ0n) is 16.4. The first kappa shape index (κ1) is 18.2. The average molecular weight is 364 g/mol. The van der Waals surface area contributed by atoms with E-state index in [4.69, 9.17) is 9.47 Å². The molecule has 0 aromatic heterocycles. The summed E-state index contributed by atoms with van der Waals surface area (Å²) in [5.74, 6) is -0.727. The summed E-state index contributed by atoms with van der Waals surface area (Å²) in [6.07, 6.45) is 4.37. The highest BCUT2D eigenvalue weighted by atomic mass is 16.7. The lowest BCUT2D eigenvalue weighted by Crippen LogP contribution is -2.38. The Morgan fingerprint density at radius 1 is 0.926 bits per heavy atom. The van der Waals surface area contributed by atoms with Gasteiger partial charge in [-0.1, -0.05) is 69.3 Å². The lowest BCUT2D eigenvalue weighted by Gasteiger charge is -2.40. The van der Waals surface area contributed by atoms with Gasteiger partial charge in [0.05, 0.1) is 11.7 Å². The molecule has 0 radical (unpaired) electrons. The van der Waals surface area contributed by atoms with E-state index in [-0.39, 0.29) is 12.1 Å². The molecular weight excluding hydrogens is 336 g/mol. The van der Waals surface area contributed by atoms with E-state index in [0.29, 0.717) is 16.9 Å². The first-order valence-corrected chi connectivity index (χ1v) is 9.96. The number of carbonyl (C=O) groups excluding carboxylic acids is 1. The van der Waals surface area contributed by atoms with Crippen molar-refractivity contribution in [2.45, 2.75) is 58.3 Å². The highest BCUT2D eigenvalue weighted by molar-refractivity contribution is 5.95. The fourth-order valence-corrected chi connectivity index (χ4v) is 4.50. The number of carbonyl (C=O) groups is 1. The third kappa shape index (κ3) is 3.29. The van der Waals surface area contributed by atoms with Crippen molar-refractivity contribution in [3.05, 3.63) is 71.3 Å². The molecule has 2 aromatic rings. The normalized spacial score (nSPS) is 27.9. The number of fused-ring (bicyclic) bond motifs is 1. The van der Waals surface area contributed by atoms with Gasteiger partial charge in [-0.3, -0.25) is 0 Å². The van der Waals surface area contributed by atoms with Gasteiger partial charge in [0.1, 0.15) is 0 Å². The molecule has 1 heterocycles. The second kappa shape index (κ2) is 6.79. The molecule has 1 aliphatic carbocycles. The standard InChI is InChI=1S/C24H28O3/c1-23(2,3)17-13-15-19(16-14-17)26-24(18-9-5-4-6-10-18)21-12-8-7-11-20(21)22(25)27-24/h4-12,17,19H,13-16H2,1-3H3/t17?,19?,24-/m1/s1. The van der Waals surface area contributed by atoms with Gasteiger partial charge in [0.15, 0.2) is 0 Å². The highest BCUT2D eigenvalue weighted by Gasteiger charge is 2.50. The maximum Gasteiger partial charge on any atom is 0.341 e. The van der Waals surface area contributed by atoms with Gasteiger partial charge in [-0.15, -0.1) is 0 Å². The molecule has 0 unspecified atom stereocenters. The fourth-order valence-electron chi connectivity index (χ4n) is 4.50. The van der Waals surface area contributed by atoms with Crippen LogP contribution in [0.2, 0.25) is 0 Å². The maximum atomic E-state index is 12.6. The lowest BCUT2D eigenvalue weighted by molar-refractivity contribution is -0.211. The zero-order valence-corrected chi connectivity index (χ0v) is 16.4. The van der Waals surface area contributed by atoms with E-state index in [1.54, 1.807) is 0 Å². The third-order valence-corrected chi connectivity index (χ3v) is 6.12. The Morgan fingerprint density at radius 3 is 2.22 bits per heavy atom. The molecule has 0 spiro atoms. The molecule has 1 fully saturated rings. The molecule has 0 bridgehead atoms. The summed E-state index contributed by atoms with van der Waals surface area (Å²) < 4.78 is 12.6. The van der Waals surface area contributed by atoms with E-state index in [9.17, 15) is 4.79 Å². The monoisotopic (exact) mass is 364 g/mol. The van der Waals surface area contributed by atoms with Crippen LogP contribution < -0.4 is 0 Å². The molecule has 2 aliphatic rings. The van der Waals surface area contributed by atoms with Crippen LogP contribution in [0.15, 0.2) is 54.6 Å². The largest absolute Gasteiger partial charge is 0.420 e. The van der Waals surface area contributed by atoms with Crippen LogP contribution in [0.1, 0.15) is 67.9 Å². The number of rotatable bonds is 3. The molecule has 142 valence electrons. The van der Waals surface area contributed by atoms with Crippen molar-refractivity contribution in [2.75, 3.05) is 0 Å². The number of ether oxygens (including phenoxy) is 2. The van der Waals surface area contributed by atoms with Crippen molar-refractivity contribution >= 4 is 5.97 Å². The van der Waals surface area contributed by atoms with Crippen LogP contribution in [0.4, 0.5) is 0 Å². The summed E-state index contributed by atoms with van der Waals surface area (Å²) in [6, 6.07) is 17.4. The van der Waals surface area contributed by atoms with Crippen LogP contribution in [0, 0.1) is 11.3 Å². The van der Waals surface area contributed by atoms with Crippen molar-refractivity contribution in [3.63, 3.8) is 0 Å². The van der Waals surface area contributed by atoms with E-state index in [1.807, 2.05) is 54.6 Å². The number of hydrogen-bond donors (Lipinski definition) is 0. The predicted molar refractivity (Wildman–Crippen MR) is 105 cm³/mol. The van der Waals surface area contributed by atoms with Crippen LogP contribution in [0.3, 0.4) is 0 Å². The molecule has 0 N–H and O–H groups in total. The Morgan fingerprint density at radius 2 is 1.56 bits per heavy atom. The molecule has 4 rings (SSSR count). The Balaban J connectivity index is 1.65. The van der Waals surface area contributed by atoms with Crippen LogP contribution in [0.5, 0.6) is 0 Å². The van der Waals surface area contributed by atoms with E-state index in [0.717, 1.165) is 36.8 Å². The zero-order chi connectivity index (χ0) is 19.1. The van der Waals surface area contributed by atoms with Gasteiger partial charge >= 0.3 is 5.97 Å². The Bertz CT molecular complexity index is 813. The molecule has 1 atom stereocenters. The van der Waals surface area contributed by atoms with Crippen LogP contribution >= 0.6 is 0 Å². The second-order valence-electron chi connectivity index (χ2n) is 8.88. The topological polar surface area (TPSA) is 35.5 Å². The maximum absolute atomic E-state index is 12.6. The molecular formula is C24H28O3. The first-order valence-electron chi connectivity index (χ1n) is 9.96. The van der Waals surface area contributed by atoms with Gasteiger partial charge in [0.25, 0.3) is 5.79 Å². The smallest absolute Gasteiger partial charge is 0.341 e. The van der Waals surface area contributed by atoms with Crippen molar-refractivity contribution in [1.29, 1.82) is 0 Å². The molecule has 3 nitrogen and oxygen atoms in total. The molecule has 1 aliphatic heterocycles. The predicted octanol–water partition coefficient (Wildman–Crippen LogP) is 5.68. The van der Waals surface area contributed by atoms with Gasteiger partial charge in [0, 0.05) is 11.1 Å². The summed E-state index contributed by atoms with van der Waals surface area (Å²) in [7, 11) is 0. The summed E-state index contributed by atoms with van der Waals surface area (Å²) in [6.45, 7) is 6.96. The van der Waals surface area contributed by atoms with Crippen LogP contribution in [0.25, 0.3) is 0 Å². The minimum atomic E-state index is -1.13. The van der Waals surface area contributed by atoms with Gasteiger partial charge < -0.3 is 9.47 Å². The summed E-state index contributed by atoms with van der Waals surface area (Å²) in [5.41, 5.74) is 2.62. The van der Waals surface area contributed by atoms with Crippen molar-refractivity contribution < 1.29 is 14.3 Å². The molecule has 27 heavy (non-hydrogen) atoms. The molecule has 3 heteroatoms. The van der Waals surface area contributed by atoms with E-state index >= 15 is 0 Å². The van der Waals surface area contributed by atoms with Gasteiger partial charge in [-0.25, -0.2) is 4.79 Å². The third-order valence-electron chi connectivity index (χ3n) is 6.12. The van der Waals surface area contributed by atoms with Crippen molar-refractivity contribution in [1.82, 2.24) is 0 Å². The molecule has 0 saturated heterocycles. The Kier molecular flexibility index (Phi) is 4.59. The quantitative estimate of drug-likeness (QED) is 0.657. The second-order valence-corrected chi connectivity index (χ2v) is 8.88. The van der Waals surface area contributed by atoms with Crippen molar-refractivity contribution in [2.24, 2.45) is 11.3 Å². The number of hydrogen-bond acceptors (Lipinski definition) is 3. The lowest BCUT2D eigenvalue weighted by atomic mass is 9.72. The van der Waals surface area contributed by atoms with Crippen LogP contribution in [-0.4, -0.2) is 12.1 Å². The van der Waals surface area contributed by atoms with Gasteiger partial charge in [0.2, 0.25) is 0 Å². The first-order chi connectivity index (χ1) is 12.9. The van der Waals surface area contributed by atoms with Gasteiger partial charge in [-0.2, -0.15) is 0 Å². The minimum absolute atomic E-state index is 0.0859. The summed E-state index contributed by atoms with van der Waals surface area (Å²) in [5, 5.41) is 0. The van der Waals surface area contributed by atoms with E-state index in [1.165, 1.54) is 0 Å². The summed E-state index contributed by atoms with van der Waals surface area (Å²) in [4.78, 5) is 12.6. The highest BCUT2D eigenvalue weighted by Crippen LogP contribution is 2.46. The number of esters is 1. The molecule has 1 saturated carbocycles. The summed E-state index contributed by atoms with van der Waals surface area (Å²) >= 11 is 0. The van der Waals surface area contributed by atoms with Crippen LogP contribution in [-0.2, 0) is 15.3 Å². The van der Waals surface area contributed by atoms with Gasteiger partial charge in [-0.05, 0) is 43.1 Å². The minimum Gasteiger partial charge on any atom is -0.420 e. The average Bonchev–Trinajstić information content (AvgIpc) is 2.95. The van der Waals surface area contributed by atoms with E-state index in [2.05, 4.69) is 20.8 Å². The molecule has 0 amide bonds. The number of cyclic esters (lactones) is 1. The SMILES string of the molecule is CC(C)(C)C1CCC(O[C@]2(c3ccccc3)OC(=O)c3ccccc32)CC1. The van der Waals surface area contributed by atoms with Crippen molar-refractivity contribution in [3.8, 4) is 0 Å². The Hall–Kier alpha value is -2.13. The fraction of sp³-hybridized carbons (Fsp3) is 0.458. The van der Waals surface area contributed by atoms with E-state index < -0.39 is 5.79 Å². The number of benzene rings is 2.